The maximum absolute atomic E-state index is 12.8. The van der Waals surface area contributed by atoms with Crippen molar-refractivity contribution >= 4 is 11.8 Å². The van der Waals surface area contributed by atoms with Gasteiger partial charge in [-0.2, -0.15) is 5.10 Å². The Morgan fingerprint density at radius 1 is 1.40 bits per heavy atom. The van der Waals surface area contributed by atoms with E-state index in [9.17, 15) is 4.39 Å². The number of nitrogens with two attached hydrogens (primary N) is 1. The van der Waals surface area contributed by atoms with Crippen molar-refractivity contribution < 1.29 is 4.39 Å². The first-order valence-electron chi connectivity index (χ1n) is 6.44. The molecule has 0 radical (unpaired) electrons. The third kappa shape index (κ3) is 4.03. The molecule has 7 heteroatoms. The van der Waals surface area contributed by atoms with E-state index < -0.39 is 0 Å². The van der Waals surface area contributed by atoms with Crippen LogP contribution in [0.2, 0.25) is 0 Å². The summed E-state index contributed by atoms with van der Waals surface area (Å²) in [6.45, 7) is 2.81. The smallest absolute Gasteiger partial charge is 0.138 e. The van der Waals surface area contributed by atoms with E-state index in [4.69, 9.17) is 5.84 Å². The molecule has 1 unspecified atom stereocenters. The van der Waals surface area contributed by atoms with Crippen LogP contribution in [-0.4, -0.2) is 26.6 Å². The van der Waals surface area contributed by atoms with Crippen molar-refractivity contribution in [2.75, 3.05) is 5.75 Å². The highest BCUT2D eigenvalue weighted by atomic mass is 32.2. The van der Waals surface area contributed by atoms with Crippen LogP contribution in [-0.2, 0) is 13.0 Å². The normalized spacial score (nSPS) is 12.6. The van der Waals surface area contributed by atoms with Crippen LogP contribution in [0.5, 0.6) is 0 Å². The molecule has 0 spiro atoms. The number of hydrogen-bond donors (Lipinski definition) is 2. The van der Waals surface area contributed by atoms with Gasteiger partial charge in [-0.15, -0.1) is 11.8 Å². The molecule has 0 fully saturated rings. The number of nitrogens with zero attached hydrogens (tertiary/aromatic N) is 3. The zero-order chi connectivity index (χ0) is 14.4. The zero-order valence-corrected chi connectivity index (χ0v) is 12.1. The Morgan fingerprint density at radius 2 is 2.15 bits per heavy atom. The molecule has 108 valence electrons. The maximum Gasteiger partial charge on any atom is 0.138 e. The summed E-state index contributed by atoms with van der Waals surface area (Å²) >= 11 is 1.63. The van der Waals surface area contributed by atoms with E-state index in [0.29, 0.717) is 6.42 Å². The van der Waals surface area contributed by atoms with Crippen LogP contribution in [0.4, 0.5) is 4.39 Å². The van der Waals surface area contributed by atoms with Crippen molar-refractivity contribution in [3.63, 3.8) is 0 Å². The summed E-state index contributed by atoms with van der Waals surface area (Å²) in [5.41, 5.74) is 2.80. The molecule has 3 N–H and O–H groups in total. The third-order valence-electron chi connectivity index (χ3n) is 2.92. The number of halogens is 1. The van der Waals surface area contributed by atoms with Crippen LogP contribution in [0.25, 0.3) is 0 Å². The molecule has 0 saturated heterocycles. The van der Waals surface area contributed by atoms with Crippen molar-refractivity contribution in [3.8, 4) is 0 Å². The summed E-state index contributed by atoms with van der Waals surface area (Å²) in [7, 11) is 0. The van der Waals surface area contributed by atoms with Gasteiger partial charge in [-0.1, -0.05) is 0 Å². The molecular weight excluding hydrogens is 277 g/mol. The SMILES string of the molecule is CCn1ncnc1CC(CSc1ccc(F)cc1)NN. The van der Waals surface area contributed by atoms with Gasteiger partial charge in [0.1, 0.15) is 18.0 Å². The molecule has 2 aromatic rings. The van der Waals surface area contributed by atoms with Gasteiger partial charge in [-0.25, -0.2) is 9.37 Å². The van der Waals surface area contributed by atoms with E-state index in [-0.39, 0.29) is 11.9 Å². The Bertz CT molecular complexity index is 528. The Balaban J connectivity index is 1.90. The number of benzene rings is 1. The molecule has 1 atom stereocenters. The highest BCUT2D eigenvalue weighted by molar-refractivity contribution is 7.99. The van der Waals surface area contributed by atoms with Gasteiger partial charge in [-0.05, 0) is 31.2 Å². The third-order valence-corrected chi connectivity index (χ3v) is 4.10. The maximum atomic E-state index is 12.8. The summed E-state index contributed by atoms with van der Waals surface area (Å²) < 4.78 is 14.7. The molecule has 5 nitrogen and oxygen atoms in total. The molecule has 0 aliphatic carbocycles. The first kappa shape index (κ1) is 15.0. The standard InChI is InChI=1S/C13H18FN5S/c1-2-19-13(16-9-17-19)7-11(18-15)8-20-12-5-3-10(14)4-6-12/h3-6,9,11,18H,2,7-8,15H2,1H3. The summed E-state index contributed by atoms with van der Waals surface area (Å²) in [4.78, 5) is 5.26. The van der Waals surface area contributed by atoms with Crippen LogP contribution < -0.4 is 11.3 Å². The van der Waals surface area contributed by atoms with E-state index in [1.54, 1.807) is 30.2 Å². The molecule has 1 aromatic carbocycles. The Morgan fingerprint density at radius 3 is 2.80 bits per heavy atom. The number of hydrogen-bond acceptors (Lipinski definition) is 5. The fourth-order valence-electron chi connectivity index (χ4n) is 1.82. The van der Waals surface area contributed by atoms with Crippen molar-refractivity contribution in [2.45, 2.75) is 30.8 Å². The molecule has 1 aromatic heterocycles. The quantitative estimate of drug-likeness (QED) is 0.461. The van der Waals surface area contributed by atoms with E-state index in [0.717, 1.165) is 23.0 Å². The van der Waals surface area contributed by atoms with Gasteiger partial charge < -0.3 is 0 Å². The molecule has 20 heavy (non-hydrogen) atoms. The fourth-order valence-corrected chi connectivity index (χ4v) is 2.76. The van der Waals surface area contributed by atoms with Gasteiger partial charge in [0.05, 0.1) is 0 Å². The summed E-state index contributed by atoms with van der Waals surface area (Å²) in [5, 5.41) is 4.14. The van der Waals surface area contributed by atoms with Crippen LogP contribution >= 0.6 is 11.8 Å². The second kappa shape index (κ2) is 7.37. The van der Waals surface area contributed by atoms with Crippen molar-refractivity contribution in [1.29, 1.82) is 0 Å². The highest BCUT2D eigenvalue weighted by Gasteiger charge is 2.12. The second-order valence-corrected chi connectivity index (χ2v) is 5.42. The van der Waals surface area contributed by atoms with Crippen LogP contribution in [0.1, 0.15) is 12.7 Å². The molecule has 0 aliphatic heterocycles. The summed E-state index contributed by atoms with van der Waals surface area (Å²) in [6.07, 6.45) is 2.26. The molecule has 1 heterocycles. The molecule has 0 saturated carbocycles. The number of nitrogens with one attached hydrogen (secondary N) is 1. The number of aromatic nitrogens is 3. The number of thioether (sulfide) groups is 1. The van der Waals surface area contributed by atoms with Crippen molar-refractivity contribution in [2.24, 2.45) is 5.84 Å². The minimum Gasteiger partial charge on any atom is -0.271 e. The van der Waals surface area contributed by atoms with Crippen molar-refractivity contribution in [1.82, 2.24) is 20.2 Å². The van der Waals surface area contributed by atoms with E-state index >= 15 is 0 Å². The number of aryl methyl sites for hydroxylation is 1. The molecule has 0 amide bonds. The Hall–Kier alpha value is -1.44. The molecule has 0 bridgehead atoms. The summed E-state index contributed by atoms with van der Waals surface area (Å²) in [6, 6.07) is 6.53. The lowest BCUT2D eigenvalue weighted by Gasteiger charge is -2.15. The van der Waals surface area contributed by atoms with Gasteiger partial charge >= 0.3 is 0 Å². The lowest BCUT2D eigenvalue weighted by molar-refractivity contribution is 0.527. The molecule has 2 rings (SSSR count). The fraction of sp³-hybridized carbons (Fsp3) is 0.385. The average molecular weight is 295 g/mol. The van der Waals surface area contributed by atoms with Crippen LogP contribution in [0, 0.1) is 5.82 Å². The van der Waals surface area contributed by atoms with Crippen LogP contribution in [0.15, 0.2) is 35.5 Å². The van der Waals surface area contributed by atoms with Gasteiger partial charge in [0.2, 0.25) is 0 Å². The predicted octanol–water partition coefficient (Wildman–Crippen LogP) is 1.60. The lowest BCUT2D eigenvalue weighted by Crippen LogP contribution is -2.39. The van der Waals surface area contributed by atoms with Gasteiger partial charge in [0.15, 0.2) is 0 Å². The predicted molar refractivity (Wildman–Crippen MR) is 77.6 cm³/mol. The minimum atomic E-state index is -0.223. The minimum absolute atomic E-state index is 0.0829. The van der Waals surface area contributed by atoms with Crippen LogP contribution in [0.3, 0.4) is 0 Å². The van der Waals surface area contributed by atoms with Gasteiger partial charge in [-0.3, -0.25) is 16.0 Å². The first-order chi connectivity index (χ1) is 9.72. The first-order valence-corrected chi connectivity index (χ1v) is 7.42. The Labute approximate surface area is 121 Å². The van der Waals surface area contributed by atoms with E-state index in [1.807, 2.05) is 11.6 Å². The number of rotatable bonds is 7. The monoisotopic (exact) mass is 295 g/mol. The molecule has 0 aliphatic rings. The van der Waals surface area contributed by atoms with Gasteiger partial charge in [0.25, 0.3) is 0 Å². The second-order valence-electron chi connectivity index (χ2n) is 4.32. The summed E-state index contributed by atoms with van der Waals surface area (Å²) in [5.74, 6) is 7.05. The zero-order valence-electron chi connectivity index (χ0n) is 11.3. The highest BCUT2D eigenvalue weighted by Crippen LogP contribution is 2.19. The van der Waals surface area contributed by atoms with E-state index in [2.05, 4.69) is 15.5 Å². The van der Waals surface area contributed by atoms with E-state index in [1.165, 1.54) is 12.1 Å². The Kier molecular flexibility index (Phi) is 5.51. The topological polar surface area (TPSA) is 68.8 Å². The average Bonchev–Trinajstić information content (AvgIpc) is 2.92. The molecular formula is C13H18FN5S. The lowest BCUT2D eigenvalue weighted by atomic mass is 10.2. The van der Waals surface area contributed by atoms with Crippen molar-refractivity contribution in [3.05, 3.63) is 42.2 Å². The van der Waals surface area contributed by atoms with Gasteiger partial charge in [0, 0.05) is 29.7 Å². The largest absolute Gasteiger partial charge is 0.271 e. The number of hydrazine groups is 1.